The molecule has 0 spiro atoms. The number of aromatic nitrogens is 2. The van der Waals surface area contributed by atoms with Crippen molar-refractivity contribution < 1.29 is 22.4 Å². The van der Waals surface area contributed by atoms with Gasteiger partial charge in [-0.3, -0.25) is 4.79 Å². The lowest BCUT2D eigenvalue weighted by molar-refractivity contribution is -0.137. The van der Waals surface area contributed by atoms with Crippen LogP contribution in [-0.2, 0) is 18.0 Å². The van der Waals surface area contributed by atoms with Crippen molar-refractivity contribution in [3.05, 3.63) is 83.4 Å². The number of hydrogen-bond acceptors (Lipinski definition) is 3. The van der Waals surface area contributed by atoms with Crippen LogP contribution < -0.4 is 5.32 Å². The molecular formula is C32H34F4N4O. The van der Waals surface area contributed by atoms with Crippen molar-refractivity contribution in [1.82, 2.24) is 14.5 Å². The van der Waals surface area contributed by atoms with Crippen molar-refractivity contribution in [2.75, 3.05) is 19.4 Å². The number of nitrogens with zero attached hydrogens (tertiary/aromatic N) is 3. The highest BCUT2D eigenvalue weighted by atomic mass is 19.4. The van der Waals surface area contributed by atoms with Crippen molar-refractivity contribution in [1.29, 1.82) is 0 Å². The van der Waals surface area contributed by atoms with Gasteiger partial charge in [0.15, 0.2) is 0 Å². The number of benzene rings is 3. The molecule has 9 heteroatoms. The number of halogens is 4. The van der Waals surface area contributed by atoms with Crippen LogP contribution in [0.5, 0.6) is 0 Å². The van der Waals surface area contributed by atoms with Crippen molar-refractivity contribution >= 4 is 22.6 Å². The van der Waals surface area contributed by atoms with E-state index in [-0.39, 0.29) is 29.5 Å². The number of alkyl halides is 3. The molecule has 0 radical (unpaired) electrons. The molecule has 1 saturated carbocycles. The Morgan fingerprint density at radius 1 is 1.00 bits per heavy atom. The van der Waals surface area contributed by atoms with E-state index in [0.717, 1.165) is 52.1 Å². The number of carbonyl (C=O) groups is 1. The summed E-state index contributed by atoms with van der Waals surface area (Å²) in [6.45, 7) is 4.00. The number of fused-ring (bicyclic) bond motifs is 1. The van der Waals surface area contributed by atoms with Crippen molar-refractivity contribution in [2.45, 2.75) is 44.8 Å². The maximum Gasteiger partial charge on any atom is 0.416 e. The Balaban J connectivity index is 1.37. The summed E-state index contributed by atoms with van der Waals surface area (Å²) in [5, 5.41) is 2.56. The first-order chi connectivity index (χ1) is 19.3. The van der Waals surface area contributed by atoms with Gasteiger partial charge in [0.2, 0.25) is 5.91 Å². The summed E-state index contributed by atoms with van der Waals surface area (Å²) in [5.41, 5.74) is 3.93. The van der Waals surface area contributed by atoms with Crippen molar-refractivity contribution in [3.8, 4) is 11.1 Å². The monoisotopic (exact) mass is 566 g/mol. The number of carbonyl (C=O) groups excluding carboxylic acids is 1. The van der Waals surface area contributed by atoms with Gasteiger partial charge in [-0.25, -0.2) is 9.37 Å². The second-order valence-electron chi connectivity index (χ2n) is 11.4. The summed E-state index contributed by atoms with van der Waals surface area (Å²) < 4.78 is 55.5. The van der Waals surface area contributed by atoms with Crippen LogP contribution >= 0.6 is 0 Å². The third-order valence-corrected chi connectivity index (χ3v) is 8.72. The van der Waals surface area contributed by atoms with Crippen LogP contribution in [0, 0.1) is 24.6 Å². The van der Waals surface area contributed by atoms with Crippen molar-refractivity contribution in [3.63, 3.8) is 0 Å². The zero-order chi connectivity index (χ0) is 29.6. The van der Waals surface area contributed by atoms with Gasteiger partial charge in [-0.2, -0.15) is 13.2 Å². The molecule has 3 unspecified atom stereocenters. The Labute approximate surface area is 237 Å². The number of anilines is 1. The van der Waals surface area contributed by atoms with E-state index in [4.69, 9.17) is 0 Å². The highest BCUT2D eigenvalue weighted by molar-refractivity contribution is 5.93. The third kappa shape index (κ3) is 5.73. The normalized spacial score (nSPS) is 21.4. The number of imidazole rings is 1. The smallest absolute Gasteiger partial charge is 0.331 e. The molecule has 1 aliphatic carbocycles. The van der Waals surface area contributed by atoms with Crippen LogP contribution in [0.25, 0.3) is 22.2 Å². The summed E-state index contributed by atoms with van der Waals surface area (Å²) in [5.74, 6) is -0.983. The molecule has 5 nitrogen and oxygen atoms in total. The number of rotatable bonds is 5. The van der Waals surface area contributed by atoms with E-state index in [1.165, 1.54) is 0 Å². The lowest BCUT2D eigenvalue weighted by atomic mass is 9.67. The van der Waals surface area contributed by atoms with Crippen LogP contribution in [0.3, 0.4) is 0 Å². The summed E-state index contributed by atoms with van der Waals surface area (Å²) in [6, 6.07) is 16.9. The van der Waals surface area contributed by atoms with Crippen LogP contribution in [0.2, 0.25) is 0 Å². The van der Waals surface area contributed by atoms with Crippen LogP contribution in [0.15, 0.2) is 60.7 Å². The van der Waals surface area contributed by atoms with E-state index in [0.29, 0.717) is 12.5 Å². The molecular weight excluding hydrogens is 532 g/mol. The van der Waals surface area contributed by atoms with Gasteiger partial charge in [0.1, 0.15) is 11.6 Å². The largest absolute Gasteiger partial charge is 0.416 e. The molecule has 4 aromatic rings. The molecule has 4 atom stereocenters. The second-order valence-corrected chi connectivity index (χ2v) is 11.4. The lowest BCUT2D eigenvalue weighted by Gasteiger charge is -2.42. The first kappa shape index (κ1) is 28.8. The van der Waals surface area contributed by atoms with Crippen LogP contribution in [0.1, 0.15) is 42.6 Å². The highest BCUT2D eigenvalue weighted by Gasteiger charge is 2.40. The van der Waals surface area contributed by atoms with E-state index in [2.05, 4.69) is 62.2 Å². The zero-order valence-electron chi connectivity index (χ0n) is 23.8. The Hall–Kier alpha value is -3.72. The van der Waals surface area contributed by atoms with Gasteiger partial charge in [-0.1, -0.05) is 37.3 Å². The van der Waals surface area contributed by atoms with Crippen LogP contribution in [0.4, 0.5) is 23.2 Å². The van der Waals surface area contributed by atoms with E-state index in [1.807, 2.05) is 35.0 Å². The Kier molecular flexibility index (Phi) is 7.68. The summed E-state index contributed by atoms with van der Waals surface area (Å²) in [7, 11) is 5.95. The Morgan fingerprint density at radius 2 is 1.68 bits per heavy atom. The fourth-order valence-electron chi connectivity index (χ4n) is 6.04. The average Bonchev–Trinajstić information content (AvgIpc) is 3.21. The van der Waals surface area contributed by atoms with Gasteiger partial charge in [0, 0.05) is 19.0 Å². The molecule has 0 aliphatic heterocycles. The Bertz CT molecular complexity index is 1580. The fourth-order valence-corrected chi connectivity index (χ4v) is 6.04. The number of nitrogens with one attached hydrogen (secondary N) is 1. The zero-order valence-corrected chi connectivity index (χ0v) is 23.8. The van der Waals surface area contributed by atoms with E-state index < -0.39 is 23.5 Å². The fraction of sp³-hybridized carbons (Fsp3) is 0.375. The summed E-state index contributed by atoms with van der Waals surface area (Å²) >= 11 is 0. The predicted molar refractivity (Wildman–Crippen MR) is 153 cm³/mol. The molecule has 5 rings (SSSR count). The highest BCUT2D eigenvalue weighted by Crippen LogP contribution is 2.43. The number of amides is 1. The van der Waals surface area contributed by atoms with Gasteiger partial charge >= 0.3 is 6.18 Å². The minimum atomic E-state index is -4.66. The van der Waals surface area contributed by atoms with Gasteiger partial charge in [-0.05, 0) is 92.7 Å². The van der Waals surface area contributed by atoms with E-state index in [9.17, 15) is 22.4 Å². The van der Waals surface area contributed by atoms with Crippen molar-refractivity contribution in [2.24, 2.45) is 18.9 Å². The minimum absolute atomic E-state index is 0.0672. The molecule has 1 fully saturated rings. The standard InChI is InChI=1S/C32H34F4N4O/c1-18-25(21-8-6-20(7-9-21)22-10-13-30-29(14-22)37-19(2)40(30)5)16-24(39(3)4)17-26(18)31(41)38-28-12-11-23(15-27(28)33)32(34,35)36/h6-15,18,24-26H,16-17H2,1-5H3,(H,38,41)/t18-,24?,25?,26?/m1/s1. The lowest BCUT2D eigenvalue weighted by Crippen LogP contribution is -2.44. The molecule has 41 heavy (non-hydrogen) atoms. The molecule has 1 aliphatic rings. The number of aryl methyl sites for hydroxylation is 2. The molecule has 1 heterocycles. The maximum atomic E-state index is 14.5. The predicted octanol–water partition coefficient (Wildman–Crippen LogP) is 7.41. The molecule has 216 valence electrons. The van der Waals surface area contributed by atoms with E-state index >= 15 is 0 Å². The second kappa shape index (κ2) is 10.9. The first-order valence-electron chi connectivity index (χ1n) is 13.7. The molecule has 1 amide bonds. The van der Waals surface area contributed by atoms with E-state index in [1.54, 1.807) is 0 Å². The molecule has 1 N–H and O–H groups in total. The SMILES string of the molecule is Cc1nc2cc(-c3ccc(C4CC(N(C)C)CC(C(=O)Nc5ccc(C(F)(F)F)cc5F)[C@@H]4C)cc3)ccc2n1C. The number of hydrogen-bond donors (Lipinski definition) is 1. The van der Waals surface area contributed by atoms with Gasteiger partial charge in [0.25, 0.3) is 0 Å². The van der Waals surface area contributed by atoms with Gasteiger partial charge < -0.3 is 14.8 Å². The van der Waals surface area contributed by atoms with Gasteiger partial charge in [-0.15, -0.1) is 0 Å². The quantitative estimate of drug-likeness (QED) is 0.256. The van der Waals surface area contributed by atoms with Gasteiger partial charge in [0.05, 0.1) is 22.3 Å². The molecule has 0 saturated heterocycles. The third-order valence-electron chi connectivity index (χ3n) is 8.72. The molecule has 3 aromatic carbocycles. The first-order valence-corrected chi connectivity index (χ1v) is 13.7. The average molecular weight is 567 g/mol. The topological polar surface area (TPSA) is 50.2 Å². The van der Waals surface area contributed by atoms with Crippen LogP contribution in [-0.4, -0.2) is 40.5 Å². The molecule has 1 aromatic heterocycles. The minimum Gasteiger partial charge on any atom is -0.331 e. The summed E-state index contributed by atoms with van der Waals surface area (Å²) in [4.78, 5) is 20.1. The maximum absolute atomic E-state index is 14.5. The Morgan fingerprint density at radius 3 is 2.32 bits per heavy atom. The summed E-state index contributed by atoms with van der Waals surface area (Å²) in [6.07, 6.45) is -3.24. The molecule has 0 bridgehead atoms.